The van der Waals surface area contributed by atoms with Crippen molar-refractivity contribution in [2.24, 2.45) is 5.10 Å². The molecule has 2 aromatic rings. The molecule has 0 spiro atoms. The number of hydrazone groups is 1. The molecule has 0 amide bonds. The zero-order valence-corrected chi connectivity index (χ0v) is 10.7. The number of halogens is 3. The van der Waals surface area contributed by atoms with Crippen LogP contribution in [0.1, 0.15) is 5.76 Å². The second-order valence-corrected chi connectivity index (χ2v) is 4.38. The maximum Gasteiger partial charge on any atom is 0.146 e. The molecule has 17 heavy (non-hydrogen) atoms. The maximum atomic E-state index is 5.97. The second-order valence-electron chi connectivity index (χ2n) is 3.13. The van der Waals surface area contributed by atoms with Gasteiger partial charge in [-0.05, 0) is 24.3 Å². The Morgan fingerprint density at radius 3 is 2.47 bits per heavy atom. The van der Waals surface area contributed by atoms with Crippen molar-refractivity contribution >= 4 is 46.7 Å². The minimum atomic E-state index is 0.402. The van der Waals surface area contributed by atoms with Crippen LogP contribution >= 0.6 is 34.8 Å². The fourth-order valence-corrected chi connectivity index (χ4v) is 2.08. The normalized spacial score (nSPS) is 11.0. The second kappa shape index (κ2) is 5.45. The van der Waals surface area contributed by atoms with Crippen molar-refractivity contribution in [3.8, 4) is 0 Å². The van der Waals surface area contributed by atoms with Gasteiger partial charge in [-0.25, -0.2) is 0 Å². The van der Waals surface area contributed by atoms with E-state index in [0.29, 0.717) is 26.5 Å². The van der Waals surface area contributed by atoms with Crippen molar-refractivity contribution < 1.29 is 4.42 Å². The standard InChI is InChI=1S/C11H7Cl3N2O/c12-7-4-9(13)11(10(14)5-7)16-15-6-8-2-1-3-17-8/h1-6,16H/b15-6-. The first kappa shape index (κ1) is 12.3. The fourth-order valence-electron chi connectivity index (χ4n) is 1.17. The van der Waals surface area contributed by atoms with Gasteiger partial charge >= 0.3 is 0 Å². The van der Waals surface area contributed by atoms with E-state index in [9.17, 15) is 0 Å². The smallest absolute Gasteiger partial charge is 0.146 e. The van der Waals surface area contributed by atoms with E-state index in [1.165, 1.54) is 6.21 Å². The summed E-state index contributed by atoms with van der Waals surface area (Å²) in [6.07, 6.45) is 3.07. The summed E-state index contributed by atoms with van der Waals surface area (Å²) >= 11 is 17.7. The molecule has 0 fully saturated rings. The Kier molecular flexibility index (Phi) is 3.94. The molecule has 2 rings (SSSR count). The Labute approximate surface area is 113 Å². The first-order chi connectivity index (χ1) is 8.16. The van der Waals surface area contributed by atoms with Gasteiger partial charge in [0.1, 0.15) is 5.76 Å². The van der Waals surface area contributed by atoms with E-state index in [0.717, 1.165) is 0 Å². The van der Waals surface area contributed by atoms with E-state index in [1.54, 1.807) is 30.5 Å². The van der Waals surface area contributed by atoms with E-state index in [1.807, 2.05) is 0 Å². The molecule has 88 valence electrons. The molecule has 0 atom stereocenters. The van der Waals surface area contributed by atoms with Crippen LogP contribution in [0.4, 0.5) is 5.69 Å². The summed E-state index contributed by atoms with van der Waals surface area (Å²) in [5.74, 6) is 0.624. The predicted molar refractivity (Wildman–Crippen MR) is 71.4 cm³/mol. The van der Waals surface area contributed by atoms with E-state index in [2.05, 4.69) is 10.5 Å². The highest BCUT2D eigenvalue weighted by molar-refractivity contribution is 6.41. The van der Waals surface area contributed by atoms with E-state index in [-0.39, 0.29) is 0 Å². The fraction of sp³-hybridized carbons (Fsp3) is 0. The number of hydrogen-bond acceptors (Lipinski definition) is 3. The molecule has 0 aliphatic heterocycles. The molecular formula is C11H7Cl3N2O. The third-order valence-electron chi connectivity index (χ3n) is 1.92. The summed E-state index contributed by atoms with van der Waals surface area (Å²) in [6.45, 7) is 0. The molecule has 0 unspecified atom stereocenters. The largest absolute Gasteiger partial charge is 0.463 e. The van der Waals surface area contributed by atoms with Crippen molar-refractivity contribution in [3.05, 3.63) is 51.4 Å². The van der Waals surface area contributed by atoms with Gasteiger partial charge in [0, 0.05) is 5.02 Å². The Bertz CT molecular complexity index is 515. The molecule has 0 bridgehead atoms. The molecule has 1 aromatic carbocycles. The minimum absolute atomic E-state index is 0.402. The number of hydrogen-bond donors (Lipinski definition) is 1. The van der Waals surface area contributed by atoms with E-state index in [4.69, 9.17) is 39.2 Å². The molecule has 0 saturated carbocycles. The summed E-state index contributed by atoms with van der Waals surface area (Å²) in [7, 11) is 0. The molecule has 1 N–H and O–H groups in total. The van der Waals surface area contributed by atoms with E-state index >= 15 is 0 Å². The van der Waals surface area contributed by atoms with Crippen molar-refractivity contribution in [1.82, 2.24) is 0 Å². The lowest BCUT2D eigenvalue weighted by Gasteiger charge is -2.05. The monoisotopic (exact) mass is 288 g/mol. The summed E-state index contributed by atoms with van der Waals surface area (Å²) in [5, 5.41) is 5.23. The summed E-state index contributed by atoms with van der Waals surface area (Å²) in [6, 6.07) is 6.71. The average molecular weight is 290 g/mol. The van der Waals surface area contributed by atoms with Crippen molar-refractivity contribution in [3.63, 3.8) is 0 Å². The van der Waals surface area contributed by atoms with Gasteiger partial charge in [-0.2, -0.15) is 5.10 Å². The van der Waals surface area contributed by atoms with Gasteiger partial charge < -0.3 is 4.42 Å². The highest BCUT2D eigenvalue weighted by Gasteiger charge is 2.06. The molecule has 1 heterocycles. The highest BCUT2D eigenvalue weighted by Crippen LogP contribution is 2.33. The van der Waals surface area contributed by atoms with Gasteiger partial charge in [0.15, 0.2) is 0 Å². The first-order valence-electron chi connectivity index (χ1n) is 4.64. The minimum Gasteiger partial charge on any atom is -0.463 e. The van der Waals surface area contributed by atoms with Crippen LogP contribution in [0.15, 0.2) is 40.0 Å². The third-order valence-corrected chi connectivity index (χ3v) is 2.73. The molecule has 3 nitrogen and oxygen atoms in total. The summed E-state index contributed by atoms with van der Waals surface area (Å²) < 4.78 is 5.07. The van der Waals surface area contributed by atoms with Crippen LogP contribution in [0.3, 0.4) is 0 Å². The molecule has 0 saturated heterocycles. The quantitative estimate of drug-likeness (QED) is 0.657. The third kappa shape index (κ3) is 3.16. The Balaban J connectivity index is 2.14. The highest BCUT2D eigenvalue weighted by atomic mass is 35.5. The van der Waals surface area contributed by atoms with Crippen LogP contribution < -0.4 is 5.43 Å². The van der Waals surface area contributed by atoms with Crippen molar-refractivity contribution in [2.45, 2.75) is 0 Å². The number of rotatable bonds is 3. The van der Waals surface area contributed by atoms with Crippen LogP contribution in [-0.2, 0) is 0 Å². The van der Waals surface area contributed by atoms with Crippen LogP contribution in [0.5, 0.6) is 0 Å². The lowest BCUT2D eigenvalue weighted by atomic mass is 10.3. The van der Waals surface area contributed by atoms with Gasteiger partial charge in [0.25, 0.3) is 0 Å². The molecule has 6 heteroatoms. The van der Waals surface area contributed by atoms with Gasteiger partial charge in [-0.15, -0.1) is 0 Å². The number of nitrogens with one attached hydrogen (secondary N) is 1. The molecule has 0 radical (unpaired) electrons. The van der Waals surface area contributed by atoms with Crippen LogP contribution in [0, 0.1) is 0 Å². The number of furan rings is 1. The van der Waals surface area contributed by atoms with Crippen LogP contribution in [0.2, 0.25) is 15.1 Å². The molecule has 0 aliphatic rings. The average Bonchev–Trinajstić information content (AvgIpc) is 2.74. The van der Waals surface area contributed by atoms with E-state index < -0.39 is 0 Å². The van der Waals surface area contributed by atoms with Gasteiger partial charge in [0.05, 0.1) is 28.2 Å². The zero-order valence-electron chi connectivity index (χ0n) is 8.45. The topological polar surface area (TPSA) is 37.5 Å². The Morgan fingerprint density at radius 2 is 1.88 bits per heavy atom. The summed E-state index contributed by atoms with van der Waals surface area (Å²) in [5.41, 5.74) is 3.23. The van der Waals surface area contributed by atoms with Gasteiger partial charge in [0.2, 0.25) is 0 Å². The van der Waals surface area contributed by atoms with Gasteiger partial charge in [-0.1, -0.05) is 34.8 Å². The lowest BCUT2D eigenvalue weighted by Crippen LogP contribution is -1.92. The maximum absolute atomic E-state index is 5.97. The number of anilines is 1. The number of benzene rings is 1. The SMILES string of the molecule is Clc1cc(Cl)c(N/N=C\c2ccco2)c(Cl)c1. The van der Waals surface area contributed by atoms with Crippen molar-refractivity contribution in [1.29, 1.82) is 0 Å². The van der Waals surface area contributed by atoms with Crippen LogP contribution in [0.25, 0.3) is 0 Å². The van der Waals surface area contributed by atoms with Gasteiger partial charge in [-0.3, -0.25) is 5.43 Å². The Hall–Kier alpha value is -1.16. The molecule has 0 aliphatic carbocycles. The molecular weight excluding hydrogens is 282 g/mol. The Morgan fingerprint density at radius 1 is 1.18 bits per heavy atom. The lowest BCUT2D eigenvalue weighted by molar-refractivity contribution is 0.560. The first-order valence-corrected chi connectivity index (χ1v) is 5.77. The number of nitrogens with zero attached hydrogens (tertiary/aromatic N) is 1. The van der Waals surface area contributed by atoms with Crippen molar-refractivity contribution in [2.75, 3.05) is 5.43 Å². The summed E-state index contributed by atoms with van der Waals surface area (Å²) in [4.78, 5) is 0. The zero-order chi connectivity index (χ0) is 12.3. The molecule has 1 aromatic heterocycles. The predicted octanol–water partition coefficient (Wildman–Crippen LogP) is 4.69. The van der Waals surface area contributed by atoms with Crippen LogP contribution in [-0.4, -0.2) is 6.21 Å².